The van der Waals surface area contributed by atoms with Crippen LogP contribution in [0.5, 0.6) is 0 Å². The first kappa shape index (κ1) is 19.7. The van der Waals surface area contributed by atoms with Gasteiger partial charge in [0.25, 0.3) is 5.91 Å². The van der Waals surface area contributed by atoms with Crippen molar-refractivity contribution in [1.82, 2.24) is 14.9 Å². The maximum absolute atomic E-state index is 12.7. The van der Waals surface area contributed by atoms with E-state index in [4.69, 9.17) is 0 Å². The van der Waals surface area contributed by atoms with E-state index in [9.17, 15) is 26.4 Å². The van der Waals surface area contributed by atoms with Crippen molar-refractivity contribution in [2.45, 2.75) is 6.18 Å². The number of carbonyl (C=O) groups excluding carboxylic acids is 1. The second-order valence-corrected chi connectivity index (χ2v) is 7.71. The summed E-state index contributed by atoms with van der Waals surface area (Å²) in [7, 11) is -3.77. The third kappa shape index (κ3) is 4.80. The van der Waals surface area contributed by atoms with Crippen LogP contribution < -0.4 is 10.0 Å². The van der Waals surface area contributed by atoms with Gasteiger partial charge in [0, 0.05) is 24.5 Å². The summed E-state index contributed by atoms with van der Waals surface area (Å²) in [6, 6.07) is 8.71. The van der Waals surface area contributed by atoms with E-state index in [0.29, 0.717) is 17.3 Å². The highest BCUT2D eigenvalue weighted by Gasteiger charge is 2.30. The van der Waals surface area contributed by atoms with Crippen molar-refractivity contribution >= 4 is 27.1 Å². The molecule has 0 aliphatic rings. The molecule has 0 saturated carbocycles. The topological polar surface area (TPSA) is 92.6 Å². The third-order valence-corrected chi connectivity index (χ3v) is 5.07. The summed E-state index contributed by atoms with van der Waals surface area (Å²) in [6.07, 6.45) is -1.42. The van der Waals surface area contributed by atoms with Crippen molar-refractivity contribution in [2.24, 2.45) is 0 Å². The fraction of sp³-hybridized carbons (Fsp3) is 0.176. The van der Waals surface area contributed by atoms with Gasteiger partial charge in [0.05, 0.1) is 22.5 Å². The van der Waals surface area contributed by atoms with Crippen LogP contribution >= 0.6 is 0 Å². The molecule has 2 aromatic heterocycles. The Labute approximate surface area is 158 Å². The maximum atomic E-state index is 12.7. The van der Waals surface area contributed by atoms with Crippen LogP contribution in [0.3, 0.4) is 0 Å². The molecule has 7 nitrogen and oxygen atoms in total. The van der Waals surface area contributed by atoms with Gasteiger partial charge in [0.1, 0.15) is 0 Å². The molecule has 2 heterocycles. The summed E-state index contributed by atoms with van der Waals surface area (Å²) < 4.78 is 66.3. The highest BCUT2D eigenvalue weighted by atomic mass is 32.2. The van der Waals surface area contributed by atoms with Crippen molar-refractivity contribution in [3.05, 3.63) is 66.0 Å². The Bertz CT molecular complexity index is 1110. The van der Waals surface area contributed by atoms with E-state index in [0.717, 1.165) is 12.1 Å². The molecule has 1 amide bonds. The lowest BCUT2D eigenvalue weighted by Crippen LogP contribution is -2.31. The molecule has 28 heavy (non-hydrogen) atoms. The van der Waals surface area contributed by atoms with Crippen LogP contribution in [0.15, 0.2) is 54.9 Å². The molecule has 148 valence electrons. The standard InChI is InChI=1S/C17H15F3N4O3S/c18-17(19,20)13-3-1-2-12(10-13)16(25)21-7-9-28(26,27)23-14-5-8-24-15(11-14)4-6-22-24/h1-6,8,10-11,23H,7,9H2,(H,21,25). The van der Waals surface area contributed by atoms with E-state index in [1.807, 2.05) is 0 Å². The number of nitrogens with one attached hydrogen (secondary N) is 2. The van der Waals surface area contributed by atoms with Crippen LogP contribution in [-0.2, 0) is 16.2 Å². The molecule has 11 heteroatoms. The van der Waals surface area contributed by atoms with Crippen molar-refractivity contribution in [3.63, 3.8) is 0 Å². The van der Waals surface area contributed by atoms with Crippen molar-refractivity contribution < 1.29 is 26.4 Å². The molecule has 0 aliphatic carbocycles. The number of aromatic nitrogens is 2. The Kier molecular flexibility index (Phi) is 5.27. The van der Waals surface area contributed by atoms with Gasteiger partial charge in [-0.2, -0.15) is 18.3 Å². The lowest BCUT2D eigenvalue weighted by atomic mass is 10.1. The molecule has 0 spiro atoms. The van der Waals surface area contributed by atoms with E-state index >= 15 is 0 Å². The van der Waals surface area contributed by atoms with Gasteiger partial charge in [-0.3, -0.25) is 9.52 Å². The largest absolute Gasteiger partial charge is 0.416 e. The highest BCUT2D eigenvalue weighted by molar-refractivity contribution is 7.92. The number of halogens is 3. The predicted molar refractivity (Wildman–Crippen MR) is 96.4 cm³/mol. The highest BCUT2D eigenvalue weighted by Crippen LogP contribution is 2.29. The summed E-state index contributed by atoms with van der Waals surface area (Å²) in [6.45, 7) is -0.265. The zero-order chi connectivity index (χ0) is 20.4. The minimum atomic E-state index is -4.57. The molecule has 0 saturated heterocycles. The fourth-order valence-electron chi connectivity index (χ4n) is 2.45. The normalized spacial score (nSPS) is 12.1. The average Bonchev–Trinajstić information content (AvgIpc) is 3.08. The Hall–Kier alpha value is -3.08. The second kappa shape index (κ2) is 7.50. The van der Waals surface area contributed by atoms with Gasteiger partial charge in [-0.25, -0.2) is 12.9 Å². The number of amides is 1. The minimum absolute atomic E-state index is 0.202. The molecule has 1 aromatic carbocycles. The number of anilines is 1. The number of benzene rings is 1. The Balaban J connectivity index is 1.58. The SMILES string of the molecule is O=C(NCCS(=O)(=O)Nc1ccn2nccc2c1)c1cccc(C(F)(F)F)c1. The van der Waals surface area contributed by atoms with Crippen LogP contribution in [0.2, 0.25) is 0 Å². The minimum Gasteiger partial charge on any atom is -0.351 e. The van der Waals surface area contributed by atoms with Gasteiger partial charge >= 0.3 is 6.18 Å². The molecule has 0 aliphatic heterocycles. The average molecular weight is 412 g/mol. The lowest BCUT2D eigenvalue weighted by Gasteiger charge is -2.10. The van der Waals surface area contributed by atoms with E-state index in [1.165, 1.54) is 12.1 Å². The van der Waals surface area contributed by atoms with Gasteiger partial charge in [0.15, 0.2) is 0 Å². The number of pyridine rings is 1. The summed E-state index contributed by atoms with van der Waals surface area (Å²) in [5, 5.41) is 6.30. The van der Waals surface area contributed by atoms with E-state index in [1.54, 1.807) is 29.0 Å². The predicted octanol–water partition coefficient (Wildman–Crippen LogP) is 2.52. The quantitative estimate of drug-likeness (QED) is 0.651. The molecule has 0 radical (unpaired) electrons. The van der Waals surface area contributed by atoms with Gasteiger partial charge < -0.3 is 5.32 Å². The third-order valence-electron chi connectivity index (χ3n) is 3.78. The van der Waals surface area contributed by atoms with Gasteiger partial charge in [0.2, 0.25) is 10.0 Å². The Morgan fingerprint density at radius 1 is 1.14 bits per heavy atom. The van der Waals surface area contributed by atoms with Gasteiger partial charge in [-0.15, -0.1) is 0 Å². The monoisotopic (exact) mass is 412 g/mol. The number of hydrogen-bond acceptors (Lipinski definition) is 4. The first-order chi connectivity index (χ1) is 13.1. The summed E-state index contributed by atoms with van der Waals surface area (Å²) in [4.78, 5) is 12.0. The van der Waals surface area contributed by atoms with Crippen LogP contribution in [0.4, 0.5) is 18.9 Å². The molecule has 0 fully saturated rings. The molecule has 3 rings (SSSR count). The van der Waals surface area contributed by atoms with Crippen LogP contribution in [0.25, 0.3) is 5.52 Å². The summed E-state index contributed by atoms with van der Waals surface area (Å²) in [5.41, 5.74) is -0.133. The zero-order valence-electron chi connectivity index (χ0n) is 14.3. The van der Waals surface area contributed by atoms with Gasteiger partial charge in [-0.05, 0) is 36.4 Å². The molecule has 0 bridgehead atoms. The van der Waals surface area contributed by atoms with Crippen molar-refractivity contribution in [2.75, 3.05) is 17.0 Å². The first-order valence-electron chi connectivity index (χ1n) is 8.03. The number of nitrogens with zero attached hydrogens (tertiary/aromatic N) is 2. The molecular formula is C17H15F3N4O3S. The van der Waals surface area contributed by atoms with E-state index in [-0.39, 0.29) is 12.1 Å². The van der Waals surface area contributed by atoms with Crippen LogP contribution in [0.1, 0.15) is 15.9 Å². The number of hydrogen-bond donors (Lipinski definition) is 2. The van der Waals surface area contributed by atoms with Crippen molar-refractivity contribution in [1.29, 1.82) is 0 Å². The fourth-order valence-corrected chi connectivity index (χ4v) is 3.41. The summed E-state index contributed by atoms with van der Waals surface area (Å²) >= 11 is 0. The number of alkyl halides is 3. The maximum Gasteiger partial charge on any atom is 0.416 e. The van der Waals surface area contributed by atoms with E-state index < -0.39 is 33.4 Å². The molecule has 0 atom stereocenters. The second-order valence-electron chi connectivity index (χ2n) is 5.87. The summed E-state index contributed by atoms with van der Waals surface area (Å²) in [5.74, 6) is -1.23. The molecular weight excluding hydrogens is 397 g/mol. The molecule has 0 unspecified atom stereocenters. The number of carbonyl (C=O) groups is 1. The number of sulfonamides is 1. The Morgan fingerprint density at radius 2 is 1.93 bits per heavy atom. The number of rotatable bonds is 6. The van der Waals surface area contributed by atoms with E-state index in [2.05, 4.69) is 15.1 Å². The Morgan fingerprint density at radius 3 is 2.68 bits per heavy atom. The smallest absolute Gasteiger partial charge is 0.351 e. The molecule has 3 aromatic rings. The van der Waals surface area contributed by atoms with Crippen molar-refractivity contribution in [3.8, 4) is 0 Å². The van der Waals surface area contributed by atoms with Gasteiger partial charge in [-0.1, -0.05) is 6.07 Å². The zero-order valence-corrected chi connectivity index (χ0v) is 15.1. The van der Waals surface area contributed by atoms with Crippen LogP contribution in [-0.4, -0.2) is 36.2 Å². The number of fused-ring (bicyclic) bond motifs is 1. The first-order valence-corrected chi connectivity index (χ1v) is 9.69. The lowest BCUT2D eigenvalue weighted by molar-refractivity contribution is -0.137. The van der Waals surface area contributed by atoms with Crippen LogP contribution in [0, 0.1) is 0 Å². The molecule has 2 N–H and O–H groups in total.